The second kappa shape index (κ2) is 7.20. The van der Waals surface area contributed by atoms with E-state index < -0.39 is 17.7 Å². The zero-order valence-corrected chi connectivity index (χ0v) is 14.1. The summed E-state index contributed by atoms with van der Waals surface area (Å²) in [6.45, 7) is 3.43. The Labute approximate surface area is 141 Å². The van der Waals surface area contributed by atoms with Gasteiger partial charge in [0.1, 0.15) is 11.5 Å². The molecule has 0 aliphatic rings. The Morgan fingerprint density at radius 3 is 2.62 bits per heavy atom. The molecule has 2 rings (SSSR count). The number of rotatable bonds is 6. The van der Waals surface area contributed by atoms with Gasteiger partial charge in [0.05, 0.1) is 24.4 Å². The molecule has 24 heavy (non-hydrogen) atoms. The molecule has 1 N–H and O–H groups in total. The van der Waals surface area contributed by atoms with Crippen molar-refractivity contribution < 1.29 is 19.0 Å². The summed E-state index contributed by atoms with van der Waals surface area (Å²) >= 11 is 0. The van der Waals surface area contributed by atoms with Gasteiger partial charge in [-0.2, -0.15) is 0 Å². The number of fused-ring (bicyclic) bond motifs is 1. The summed E-state index contributed by atoms with van der Waals surface area (Å²) in [7, 11) is 2.96. The smallest absolute Gasteiger partial charge is 0.290 e. The van der Waals surface area contributed by atoms with Gasteiger partial charge >= 0.3 is 0 Å². The summed E-state index contributed by atoms with van der Waals surface area (Å²) in [6.07, 6.45) is 5.89. The van der Waals surface area contributed by atoms with E-state index >= 15 is 0 Å². The largest absolute Gasteiger partial charge is 0.495 e. The van der Waals surface area contributed by atoms with E-state index in [1.165, 1.54) is 7.11 Å². The fourth-order valence-electron chi connectivity index (χ4n) is 2.01. The highest BCUT2D eigenvalue weighted by Gasteiger charge is 2.25. The maximum Gasteiger partial charge on any atom is 0.290 e. The standard InChI is InChI=1S/C18H20N2O4/c1-6-18(2,3)20-16(21)17(23-5)24-13-7-8-15-12(9-13)10-14(22-4)11-19-15/h1,7-11,17H,2-5H3,(H,20,21). The SMILES string of the molecule is C#CC(C)(C)NC(=O)C(OC)Oc1ccc2ncc(OC)cc2c1. The lowest BCUT2D eigenvalue weighted by atomic mass is 10.1. The highest BCUT2D eigenvalue weighted by Crippen LogP contribution is 2.23. The second-order valence-electron chi connectivity index (χ2n) is 5.67. The number of benzene rings is 1. The molecule has 126 valence electrons. The van der Waals surface area contributed by atoms with Crippen LogP contribution in [-0.2, 0) is 9.53 Å². The summed E-state index contributed by atoms with van der Waals surface area (Å²) in [4.78, 5) is 16.5. The van der Waals surface area contributed by atoms with Crippen LogP contribution in [0, 0.1) is 12.3 Å². The van der Waals surface area contributed by atoms with Crippen LogP contribution in [0.15, 0.2) is 30.5 Å². The minimum atomic E-state index is -1.12. The number of hydrogen-bond acceptors (Lipinski definition) is 5. The molecule has 1 heterocycles. The van der Waals surface area contributed by atoms with Crippen molar-refractivity contribution in [3.63, 3.8) is 0 Å². The van der Waals surface area contributed by atoms with Crippen LogP contribution in [-0.4, -0.2) is 36.9 Å². The predicted molar refractivity (Wildman–Crippen MR) is 90.8 cm³/mol. The van der Waals surface area contributed by atoms with Gasteiger partial charge in [-0.05, 0) is 38.1 Å². The fourth-order valence-corrected chi connectivity index (χ4v) is 2.01. The first-order valence-electron chi connectivity index (χ1n) is 7.31. The maximum absolute atomic E-state index is 12.2. The first kappa shape index (κ1) is 17.6. The molecule has 2 aromatic rings. The molecule has 0 saturated carbocycles. The Balaban J connectivity index is 2.20. The summed E-state index contributed by atoms with van der Waals surface area (Å²) < 4.78 is 15.9. The zero-order valence-electron chi connectivity index (χ0n) is 14.1. The van der Waals surface area contributed by atoms with Crippen molar-refractivity contribution in [2.75, 3.05) is 14.2 Å². The Morgan fingerprint density at radius 1 is 1.29 bits per heavy atom. The number of amides is 1. The normalized spacial score (nSPS) is 12.3. The molecule has 1 amide bonds. The molecule has 0 radical (unpaired) electrons. The van der Waals surface area contributed by atoms with Crippen molar-refractivity contribution in [2.45, 2.75) is 25.7 Å². The van der Waals surface area contributed by atoms with E-state index in [-0.39, 0.29) is 0 Å². The minimum absolute atomic E-state index is 0.454. The molecule has 1 unspecified atom stereocenters. The van der Waals surface area contributed by atoms with Crippen LogP contribution in [0.4, 0.5) is 0 Å². The van der Waals surface area contributed by atoms with Crippen molar-refractivity contribution in [3.05, 3.63) is 30.5 Å². The summed E-state index contributed by atoms with van der Waals surface area (Å²) in [5.74, 6) is 3.14. The van der Waals surface area contributed by atoms with Crippen molar-refractivity contribution >= 4 is 16.8 Å². The third-order valence-corrected chi connectivity index (χ3v) is 3.33. The lowest BCUT2D eigenvalue weighted by molar-refractivity contribution is -0.149. The molecule has 1 atom stereocenters. The molecule has 0 fully saturated rings. The van der Waals surface area contributed by atoms with Gasteiger partial charge < -0.3 is 19.5 Å². The molecule has 0 bridgehead atoms. The second-order valence-corrected chi connectivity index (χ2v) is 5.67. The van der Waals surface area contributed by atoms with Crippen molar-refractivity contribution in [2.24, 2.45) is 0 Å². The Bertz CT molecular complexity index is 780. The lowest BCUT2D eigenvalue weighted by Crippen LogP contribution is -2.49. The number of ether oxygens (including phenoxy) is 3. The lowest BCUT2D eigenvalue weighted by Gasteiger charge is -2.23. The van der Waals surface area contributed by atoms with Crippen molar-refractivity contribution in [1.82, 2.24) is 10.3 Å². The number of nitrogens with one attached hydrogen (secondary N) is 1. The number of carbonyl (C=O) groups excluding carboxylic acids is 1. The van der Waals surface area contributed by atoms with Crippen LogP contribution in [0.3, 0.4) is 0 Å². The Morgan fingerprint density at radius 2 is 2.00 bits per heavy atom. The summed E-state index contributed by atoms with van der Waals surface area (Å²) in [5, 5.41) is 3.50. The van der Waals surface area contributed by atoms with Crippen LogP contribution < -0.4 is 14.8 Å². The molecule has 6 heteroatoms. The highest BCUT2D eigenvalue weighted by molar-refractivity contribution is 5.83. The number of pyridine rings is 1. The van der Waals surface area contributed by atoms with E-state index in [0.29, 0.717) is 11.5 Å². The molecule has 1 aromatic carbocycles. The third kappa shape index (κ3) is 4.15. The quantitative estimate of drug-likeness (QED) is 0.650. The van der Waals surface area contributed by atoms with Gasteiger partial charge in [0, 0.05) is 12.5 Å². The maximum atomic E-state index is 12.2. The Hall–Kier alpha value is -2.78. The fraction of sp³-hybridized carbons (Fsp3) is 0.333. The number of terminal acetylenes is 1. The van der Waals surface area contributed by atoms with E-state index in [4.69, 9.17) is 20.6 Å². The van der Waals surface area contributed by atoms with E-state index in [1.54, 1.807) is 45.4 Å². The van der Waals surface area contributed by atoms with Crippen LogP contribution in [0.2, 0.25) is 0 Å². The molecule has 0 spiro atoms. The van der Waals surface area contributed by atoms with E-state index in [2.05, 4.69) is 16.2 Å². The van der Waals surface area contributed by atoms with Gasteiger partial charge in [0.2, 0.25) is 0 Å². The van der Waals surface area contributed by atoms with E-state index in [9.17, 15) is 4.79 Å². The molecule has 1 aromatic heterocycles. The number of nitrogens with zero attached hydrogens (tertiary/aromatic N) is 1. The van der Waals surface area contributed by atoms with Crippen molar-refractivity contribution in [1.29, 1.82) is 0 Å². The zero-order chi connectivity index (χ0) is 17.7. The van der Waals surface area contributed by atoms with Crippen LogP contribution in [0.25, 0.3) is 10.9 Å². The first-order valence-corrected chi connectivity index (χ1v) is 7.31. The van der Waals surface area contributed by atoms with E-state index in [1.807, 2.05) is 6.07 Å². The molecular formula is C18H20N2O4. The van der Waals surface area contributed by atoms with E-state index in [0.717, 1.165) is 10.9 Å². The van der Waals surface area contributed by atoms with Gasteiger partial charge in [-0.25, -0.2) is 0 Å². The average molecular weight is 328 g/mol. The summed E-state index contributed by atoms with van der Waals surface area (Å²) in [6, 6.07) is 7.10. The van der Waals surface area contributed by atoms with Crippen molar-refractivity contribution in [3.8, 4) is 23.8 Å². The molecule has 0 aliphatic heterocycles. The monoisotopic (exact) mass is 328 g/mol. The molecular weight excluding hydrogens is 308 g/mol. The van der Waals surface area contributed by atoms with Crippen LogP contribution >= 0.6 is 0 Å². The minimum Gasteiger partial charge on any atom is -0.495 e. The first-order chi connectivity index (χ1) is 11.4. The Kier molecular flexibility index (Phi) is 5.27. The van der Waals surface area contributed by atoms with Gasteiger partial charge in [-0.15, -0.1) is 6.42 Å². The molecule has 0 saturated heterocycles. The highest BCUT2D eigenvalue weighted by atomic mass is 16.7. The van der Waals surface area contributed by atoms with Gasteiger partial charge in [0.15, 0.2) is 0 Å². The number of carbonyl (C=O) groups is 1. The van der Waals surface area contributed by atoms with Gasteiger partial charge in [-0.3, -0.25) is 9.78 Å². The predicted octanol–water partition coefficient (Wildman–Crippen LogP) is 2.12. The molecule has 0 aliphatic carbocycles. The number of methoxy groups -OCH3 is 2. The van der Waals surface area contributed by atoms with Crippen LogP contribution in [0.1, 0.15) is 13.8 Å². The van der Waals surface area contributed by atoms with Crippen LogP contribution in [0.5, 0.6) is 11.5 Å². The average Bonchev–Trinajstić information content (AvgIpc) is 2.58. The van der Waals surface area contributed by atoms with Gasteiger partial charge in [0.25, 0.3) is 12.2 Å². The van der Waals surface area contributed by atoms with Gasteiger partial charge in [-0.1, -0.05) is 5.92 Å². The topological polar surface area (TPSA) is 69.7 Å². The number of aromatic nitrogens is 1. The molecule has 6 nitrogen and oxygen atoms in total. The third-order valence-electron chi connectivity index (χ3n) is 3.33. The number of hydrogen-bond donors (Lipinski definition) is 1. The summed E-state index contributed by atoms with van der Waals surface area (Å²) in [5.41, 5.74) is -0.00669.